The van der Waals surface area contributed by atoms with Crippen molar-refractivity contribution < 1.29 is 19.2 Å². The van der Waals surface area contributed by atoms with Crippen LogP contribution in [0.3, 0.4) is 0 Å². The van der Waals surface area contributed by atoms with Crippen LogP contribution < -0.4 is 16.0 Å². The fourth-order valence-corrected chi connectivity index (χ4v) is 8.09. The third-order valence-electron chi connectivity index (χ3n) is 8.58. The van der Waals surface area contributed by atoms with Gasteiger partial charge in [-0.15, -0.1) is 0 Å². The Morgan fingerprint density at radius 1 is 0.679 bits per heavy atom. The smallest absolute Gasteiger partial charge is 0.258 e. The number of carbonyl (C=O) groups excluding carboxylic acids is 4. The van der Waals surface area contributed by atoms with Crippen LogP contribution in [-0.2, 0) is 11.2 Å². The second-order valence-electron chi connectivity index (χ2n) is 12.9. The Bertz CT molecular complexity index is 1820. The largest absolute Gasteiger partial charge is 0.384 e. The zero-order valence-electron chi connectivity index (χ0n) is 32.3. The standard InChI is InChI=1S/C39H50N6O4S2.C2H6/c1-43(2)21-8-19-40-34-16-14-29(26-46)37-31(34)12-7-13-33(37)39(49)45(5)23-25-51-50-24-18-28-10-6-11-30-35(41-20-9-22-44(3)4)17-15-32(36(28)30)38(48)42-27-47;1-2/h6-7,10-17,26-27,40-41H,8-9,18-25H2,1-5H3,(H,42,47,48);1-2H3. The highest BCUT2D eigenvalue weighted by Gasteiger charge is 2.19. The maximum Gasteiger partial charge on any atom is 0.258 e. The van der Waals surface area contributed by atoms with Gasteiger partial charge in [-0.25, -0.2) is 0 Å². The van der Waals surface area contributed by atoms with Gasteiger partial charge in [0.25, 0.3) is 11.8 Å². The molecule has 0 radical (unpaired) electrons. The average Bonchev–Trinajstić information content (AvgIpc) is 3.16. The Labute approximate surface area is 323 Å². The molecule has 0 aliphatic rings. The van der Waals surface area contributed by atoms with Crippen LogP contribution in [-0.4, -0.2) is 119 Å². The summed E-state index contributed by atoms with van der Waals surface area (Å²) in [5.74, 6) is 0.977. The number of amides is 3. The Morgan fingerprint density at radius 2 is 1.26 bits per heavy atom. The zero-order valence-corrected chi connectivity index (χ0v) is 33.9. The number of rotatable bonds is 21. The first kappa shape index (κ1) is 43.3. The van der Waals surface area contributed by atoms with Crippen LogP contribution in [0.5, 0.6) is 0 Å². The van der Waals surface area contributed by atoms with Crippen molar-refractivity contribution in [1.29, 1.82) is 0 Å². The lowest BCUT2D eigenvalue weighted by Gasteiger charge is -2.20. The molecule has 0 unspecified atom stereocenters. The molecular weight excluding hydrogens is 705 g/mol. The maximum atomic E-state index is 13.7. The first-order chi connectivity index (χ1) is 25.7. The Morgan fingerprint density at radius 3 is 1.87 bits per heavy atom. The molecule has 4 aromatic rings. The molecule has 0 aromatic heterocycles. The molecular formula is C41H56N6O4S2. The van der Waals surface area contributed by atoms with Gasteiger partial charge in [0.05, 0.1) is 0 Å². The highest BCUT2D eigenvalue weighted by molar-refractivity contribution is 8.76. The third-order valence-corrected chi connectivity index (χ3v) is 11.0. The molecule has 286 valence electrons. The fourth-order valence-electron chi connectivity index (χ4n) is 6.02. The van der Waals surface area contributed by atoms with E-state index in [4.69, 9.17) is 0 Å². The van der Waals surface area contributed by atoms with Crippen molar-refractivity contribution in [3.8, 4) is 0 Å². The van der Waals surface area contributed by atoms with E-state index < -0.39 is 5.91 Å². The van der Waals surface area contributed by atoms with Gasteiger partial charge in [-0.3, -0.25) is 24.5 Å². The topological polar surface area (TPSA) is 114 Å². The second-order valence-corrected chi connectivity index (χ2v) is 15.6. The van der Waals surface area contributed by atoms with Crippen LogP contribution in [0.25, 0.3) is 21.5 Å². The van der Waals surface area contributed by atoms with E-state index in [2.05, 4.69) is 39.8 Å². The van der Waals surface area contributed by atoms with E-state index in [0.717, 1.165) is 96.3 Å². The molecule has 4 aromatic carbocycles. The molecule has 0 spiro atoms. The molecule has 10 nitrogen and oxygen atoms in total. The van der Waals surface area contributed by atoms with Crippen molar-refractivity contribution in [1.82, 2.24) is 20.0 Å². The maximum absolute atomic E-state index is 13.7. The van der Waals surface area contributed by atoms with Gasteiger partial charge < -0.3 is 25.3 Å². The number of aldehydes is 1. The minimum Gasteiger partial charge on any atom is -0.384 e. The number of nitrogens with zero attached hydrogens (tertiary/aromatic N) is 3. The SMILES string of the molecule is CC.CN(C)CCCNc1ccc(C=O)c2c(C(=O)N(C)CCSSCCc3cccc4c(NCCCN(C)C)ccc(C(=O)NC=O)c34)cccc12. The molecule has 0 atom stereocenters. The van der Waals surface area contributed by atoms with Crippen molar-refractivity contribution >= 4 is 79.0 Å². The summed E-state index contributed by atoms with van der Waals surface area (Å²) in [6.45, 7) is 8.06. The van der Waals surface area contributed by atoms with E-state index >= 15 is 0 Å². The second kappa shape index (κ2) is 22.9. The predicted octanol–water partition coefficient (Wildman–Crippen LogP) is 7.14. The van der Waals surface area contributed by atoms with Gasteiger partial charge >= 0.3 is 0 Å². The minimum absolute atomic E-state index is 0.123. The molecule has 0 bridgehead atoms. The fraction of sp³-hybridized carbons (Fsp3) is 0.415. The molecule has 0 aliphatic carbocycles. The van der Waals surface area contributed by atoms with E-state index in [1.54, 1.807) is 51.7 Å². The first-order valence-corrected chi connectivity index (χ1v) is 20.7. The van der Waals surface area contributed by atoms with Crippen LogP contribution in [0.2, 0.25) is 0 Å². The van der Waals surface area contributed by atoms with Crippen molar-refractivity contribution in [3.63, 3.8) is 0 Å². The summed E-state index contributed by atoms with van der Waals surface area (Å²) in [6, 6.07) is 19.1. The van der Waals surface area contributed by atoms with E-state index in [0.29, 0.717) is 35.0 Å². The average molecular weight is 761 g/mol. The number of aryl methyl sites for hydroxylation is 1. The van der Waals surface area contributed by atoms with Crippen LogP contribution in [0, 0.1) is 0 Å². The molecule has 4 rings (SSSR count). The lowest BCUT2D eigenvalue weighted by molar-refractivity contribution is -0.108. The van der Waals surface area contributed by atoms with E-state index in [1.807, 2.05) is 70.4 Å². The van der Waals surface area contributed by atoms with Crippen molar-refractivity contribution in [2.45, 2.75) is 33.1 Å². The summed E-state index contributed by atoms with van der Waals surface area (Å²) >= 11 is 0. The van der Waals surface area contributed by atoms with E-state index in [9.17, 15) is 19.2 Å². The number of benzene rings is 4. The van der Waals surface area contributed by atoms with Gasteiger partial charge in [0.15, 0.2) is 6.29 Å². The van der Waals surface area contributed by atoms with Crippen LogP contribution in [0.15, 0.2) is 60.7 Å². The van der Waals surface area contributed by atoms with Crippen molar-refractivity contribution in [3.05, 3.63) is 82.9 Å². The summed E-state index contributed by atoms with van der Waals surface area (Å²) in [4.78, 5) is 55.7. The summed E-state index contributed by atoms with van der Waals surface area (Å²) in [7, 11) is 13.4. The van der Waals surface area contributed by atoms with Crippen LogP contribution >= 0.6 is 21.6 Å². The quantitative estimate of drug-likeness (QED) is 0.0460. The number of hydrogen-bond acceptors (Lipinski definition) is 10. The molecule has 53 heavy (non-hydrogen) atoms. The Kier molecular flexibility index (Phi) is 18.7. The lowest BCUT2D eigenvalue weighted by atomic mass is 9.96. The van der Waals surface area contributed by atoms with Gasteiger partial charge in [0.1, 0.15) is 0 Å². The number of nitrogens with one attached hydrogen (secondary N) is 3. The van der Waals surface area contributed by atoms with Gasteiger partial charge in [-0.05, 0) is 102 Å². The molecule has 0 heterocycles. The molecule has 0 saturated carbocycles. The van der Waals surface area contributed by atoms with E-state index in [-0.39, 0.29) is 5.91 Å². The molecule has 12 heteroatoms. The normalized spacial score (nSPS) is 11.0. The highest BCUT2D eigenvalue weighted by atomic mass is 33.1. The minimum atomic E-state index is -0.421. The number of anilines is 2. The summed E-state index contributed by atoms with van der Waals surface area (Å²) in [5.41, 5.74) is 4.40. The van der Waals surface area contributed by atoms with Gasteiger partial charge in [0.2, 0.25) is 6.41 Å². The lowest BCUT2D eigenvalue weighted by Crippen LogP contribution is -2.29. The monoisotopic (exact) mass is 760 g/mol. The highest BCUT2D eigenvalue weighted by Crippen LogP contribution is 2.33. The Hall–Kier alpha value is -4.10. The molecule has 3 amide bonds. The predicted molar refractivity (Wildman–Crippen MR) is 227 cm³/mol. The Balaban J connectivity index is 0.00000372. The summed E-state index contributed by atoms with van der Waals surface area (Å²) in [6.07, 6.45) is 3.92. The molecule has 3 N–H and O–H groups in total. The van der Waals surface area contributed by atoms with Crippen molar-refractivity contribution in [2.24, 2.45) is 0 Å². The summed E-state index contributed by atoms with van der Waals surface area (Å²) in [5, 5.41) is 12.6. The number of carbonyl (C=O) groups is 4. The van der Waals surface area contributed by atoms with Crippen LogP contribution in [0.4, 0.5) is 11.4 Å². The molecule has 0 fully saturated rings. The van der Waals surface area contributed by atoms with Crippen molar-refractivity contribution in [2.75, 3.05) is 90.1 Å². The van der Waals surface area contributed by atoms with Crippen LogP contribution in [0.1, 0.15) is 63.3 Å². The zero-order chi connectivity index (χ0) is 38.8. The van der Waals surface area contributed by atoms with Gasteiger partial charge in [-0.2, -0.15) is 0 Å². The van der Waals surface area contributed by atoms with Gasteiger partial charge in [-0.1, -0.05) is 65.8 Å². The van der Waals surface area contributed by atoms with Gasteiger partial charge in [0, 0.05) is 82.4 Å². The summed E-state index contributed by atoms with van der Waals surface area (Å²) < 4.78 is 0. The number of imide groups is 1. The van der Waals surface area contributed by atoms with E-state index in [1.165, 1.54) is 0 Å². The number of fused-ring (bicyclic) bond motifs is 2. The molecule has 0 aliphatic heterocycles. The third kappa shape index (κ3) is 12.5. The first-order valence-electron chi connectivity index (χ1n) is 18.2. The number of hydrogen-bond donors (Lipinski definition) is 3. The molecule has 0 saturated heterocycles.